The summed E-state index contributed by atoms with van der Waals surface area (Å²) in [7, 11) is -4.92. The number of ether oxygens (including phenoxy) is 1. The van der Waals surface area contributed by atoms with Crippen molar-refractivity contribution < 1.29 is 21.8 Å². The molecule has 0 spiro atoms. The molecule has 0 radical (unpaired) electrons. The molecule has 7 heteroatoms. The summed E-state index contributed by atoms with van der Waals surface area (Å²) in [4.78, 5) is 11.0. The van der Waals surface area contributed by atoms with E-state index in [1.54, 1.807) is 24.3 Å². The Morgan fingerprint density at radius 2 is 1.67 bits per heavy atom. The van der Waals surface area contributed by atoms with Gasteiger partial charge < -0.3 is 4.74 Å². The summed E-state index contributed by atoms with van der Waals surface area (Å²) in [5, 5.41) is 2.21. The lowest BCUT2D eigenvalue weighted by Gasteiger charge is -2.09. The second kappa shape index (κ2) is 6.36. The molecule has 0 aliphatic heterocycles. The van der Waals surface area contributed by atoms with Gasteiger partial charge in [0.2, 0.25) is 0 Å². The smallest absolute Gasteiger partial charge is 0.411 e. The topological polar surface area (TPSA) is 72.5 Å². The fourth-order valence-electron chi connectivity index (χ4n) is 1.65. The van der Waals surface area contributed by atoms with Crippen molar-refractivity contribution in [2.45, 2.75) is 11.5 Å². The monoisotopic (exact) mass is 309 g/mol. The normalized spacial score (nSPS) is 10.9. The van der Waals surface area contributed by atoms with Crippen LogP contribution < -0.4 is 5.32 Å². The van der Waals surface area contributed by atoms with Crippen LogP contribution in [0, 0.1) is 0 Å². The summed E-state index contributed by atoms with van der Waals surface area (Å²) in [6, 6.07) is 14.1. The molecule has 0 bridgehead atoms. The minimum Gasteiger partial charge on any atom is -0.444 e. The van der Waals surface area contributed by atoms with Gasteiger partial charge >= 0.3 is 16.3 Å². The molecule has 1 amide bonds. The Bertz CT molecular complexity index is 732. The Labute approximate surface area is 121 Å². The molecule has 0 aliphatic carbocycles. The standard InChI is InChI=1S/C14H12FNO4S/c15-21(18,19)13-9-5-4-8-12(13)16-14(17)20-10-11-6-2-1-3-7-11/h1-9H,10H2,(H,16,17). The number of carbonyl (C=O) groups is 1. The molecule has 0 heterocycles. The third-order valence-electron chi connectivity index (χ3n) is 2.60. The highest BCUT2D eigenvalue weighted by Gasteiger charge is 2.18. The van der Waals surface area contributed by atoms with Crippen LogP contribution in [0.25, 0.3) is 0 Å². The predicted molar refractivity (Wildman–Crippen MR) is 75.0 cm³/mol. The minimum atomic E-state index is -4.92. The van der Waals surface area contributed by atoms with Crippen LogP contribution in [0.5, 0.6) is 0 Å². The molecule has 5 nitrogen and oxygen atoms in total. The van der Waals surface area contributed by atoms with Crippen molar-refractivity contribution in [3.63, 3.8) is 0 Å². The van der Waals surface area contributed by atoms with Crippen molar-refractivity contribution in [2.75, 3.05) is 5.32 Å². The zero-order chi connectivity index (χ0) is 15.3. The molecule has 0 atom stereocenters. The highest BCUT2D eigenvalue weighted by molar-refractivity contribution is 7.86. The summed E-state index contributed by atoms with van der Waals surface area (Å²) >= 11 is 0. The van der Waals surface area contributed by atoms with Crippen LogP contribution in [0.1, 0.15) is 5.56 Å². The van der Waals surface area contributed by atoms with Gasteiger partial charge in [-0.15, -0.1) is 3.89 Å². The Morgan fingerprint density at radius 3 is 2.33 bits per heavy atom. The van der Waals surface area contributed by atoms with Crippen molar-refractivity contribution in [3.05, 3.63) is 60.2 Å². The predicted octanol–water partition coefficient (Wildman–Crippen LogP) is 3.09. The SMILES string of the molecule is O=C(Nc1ccccc1S(=O)(=O)F)OCc1ccccc1. The number of halogens is 1. The molecule has 0 fully saturated rings. The van der Waals surface area contributed by atoms with Gasteiger partial charge in [-0.2, -0.15) is 8.42 Å². The molecule has 0 saturated carbocycles. The van der Waals surface area contributed by atoms with Crippen LogP contribution in [0.4, 0.5) is 14.4 Å². The molecule has 0 unspecified atom stereocenters. The Morgan fingerprint density at radius 1 is 1.05 bits per heavy atom. The average molecular weight is 309 g/mol. The van der Waals surface area contributed by atoms with Gasteiger partial charge in [-0.25, -0.2) is 4.79 Å². The van der Waals surface area contributed by atoms with Gasteiger partial charge in [-0.05, 0) is 17.7 Å². The number of rotatable bonds is 4. The maximum atomic E-state index is 13.1. The molecule has 110 valence electrons. The summed E-state index contributed by atoms with van der Waals surface area (Å²) in [6.07, 6.45) is -0.866. The molecule has 2 aromatic carbocycles. The highest BCUT2D eigenvalue weighted by atomic mass is 32.3. The molecule has 21 heavy (non-hydrogen) atoms. The lowest BCUT2D eigenvalue weighted by atomic mass is 10.2. The van der Waals surface area contributed by atoms with Crippen molar-refractivity contribution in [1.82, 2.24) is 0 Å². The van der Waals surface area contributed by atoms with Crippen LogP contribution in [-0.2, 0) is 21.6 Å². The first kappa shape index (κ1) is 15.0. The molecular formula is C14H12FNO4S. The van der Waals surface area contributed by atoms with E-state index in [4.69, 9.17) is 4.74 Å². The summed E-state index contributed by atoms with van der Waals surface area (Å²) in [5.74, 6) is 0. The van der Waals surface area contributed by atoms with E-state index in [2.05, 4.69) is 5.32 Å². The van der Waals surface area contributed by atoms with E-state index in [9.17, 15) is 17.1 Å². The van der Waals surface area contributed by atoms with Crippen LogP contribution in [0.15, 0.2) is 59.5 Å². The number of carbonyl (C=O) groups excluding carboxylic acids is 1. The van der Waals surface area contributed by atoms with E-state index >= 15 is 0 Å². The average Bonchev–Trinajstić information content (AvgIpc) is 2.46. The Balaban J connectivity index is 2.04. The Kier molecular flexibility index (Phi) is 4.54. The largest absolute Gasteiger partial charge is 0.444 e. The molecule has 2 rings (SSSR count). The first-order valence-corrected chi connectivity index (χ1v) is 7.36. The molecule has 0 aromatic heterocycles. The van der Waals surface area contributed by atoms with Crippen molar-refractivity contribution >= 4 is 22.0 Å². The van der Waals surface area contributed by atoms with Crippen molar-refractivity contribution in [2.24, 2.45) is 0 Å². The van der Waals surface area contributed by atoms with Crippen LogP contribution in [0.2, 0.25) is 0 Å². The minimum absolute atomic E-state index is 0.0250. The second-order valence-corrected chi connectivity index (χ2v) is 5.44. The van der Waals surface area contributed by atoms with Crippen LogP contribution >= 0.6 is 0 Å². The molecule has 0 aliphatic rings. The summed E-state index contributed by atoms with van der Waals surface area (Å²) < 4.78 is 39.9. The van der Waals surface area contributed by atoms with E-state index in [0.717, 1.165) is 11.6 Å². The van der Waals surface area contributed by atoms with E-state index in [-0.39, 0.29) is 12.3 Å². The van der Waals surface area contributed by atoms with Gasteiger partial charge in [-0.3, -0.25) is 5.32 Å². The number of nitrogens with one attached hydrogen (secondary N) is 1. The fraction of sp³-hybridized carbons (Fsp3) is 0.0714. The highest BCUT2D eigenvalue weighted by Crippen LogP contribution is 2.22. The van der Waals surface area contributed by atoms with Gasteiger partial charge in [-0.1, -0.05) is 42.5 Å². The molecule has 0 saturated heterocycles. The zero-order valence-electron chi connectivity index (χ0n) is 10.8. The van der Waals surface area contributed by atoms with Gasteiger partial charge in [0.25, 0.3) is 0 Å². The summed E-state index contributed by atoms with van der Waals surface area (Å²) in [6.45, 7) is 0.0250. The number of hydrogen-bond acceptors (Lipinski definition) is 4. The maximum absolute atomic E-state index is 13.1. The zero-order valence-corrected chi connectivity index (χ0v) is 11.6. The van der Waals surface area contributed by atoms with Gasteiger partial charge in [0, 0.05) is 0 Å². The number of hydrogen-bond donors (Lipinski definition) is 1. The van der Waals surface area contributed by atoms with Crippen LogP contribution in [0.3, 0.4) is 0 Å². The number of para-hydroxylation sites is 1. The first-order chi connectivity index (χ1) is 9.97. The molecular weight excluding hydrogens is 297 g/mol. The summed E-state index contributed by atoms with van der Waals surface area (Å²) in [5.41, 5.74) is 0.608. The Hall–Kier alpha value is -2.41. The van der Waals surface area contributed by atoms with E-state index in [1.807, 2.05) is 6.07 Å². The molecule has 1 N–H and O–H groups in total. The van der Waals surface area contributed by atoms with Gasteiger partial charge in [0.15, 0.2) is 0 Å². The van der Waals surface area contributed by atoms with Gasteiger partial charge in [0.05, 0.1) is 5.69 Å². The number of benzene rings is 2. The van der Waals surface area contributed by atoms with Crippen molar-refractivity contribution in [1.29, 1.82) is 0 Å². The fourth-order valence-corrected chi connectivity index (χ4v) is 2.27. The van der Waals surface area contributed by atoms with Crippen molar-refractivity contribution in [3.8, 4) is 0 Å². The first-order valence-electron chi connectivity index (χ1n) is 5.98. The number of amides is 1. The van der Waals surface area contributed by atoms with Crippen LogP contribution in [-0.4, -0.2) is 14.5 Å². The third kappa shape index (κ3) is 4.28. The van der Waals surface area contributed by atoms with E-state index < -0.39 is 21.2 Å². The third-order valence-corrected chi connectivity index (χ3v) is 3.48. The lowest BCUT2D eigenvalue weighted by Crippen LogP contribution is -2.15. The lowest BCUT2D eigenvalue weighted by molar-refractivity contribution is 0.155. The van der Waals surface area contributed by atoms with Gasteiger partial charge in [0.1, 0.15) is 11.5 Å². The second-order valence-electron chi connectivity index (χ2n) is 4.12. The van der Waals surface area contributed by atoms with E-state index in [1.165, 1.54) is 18.2 Å². The quantitative estimate of drug-likeness (QED) is 0.881. The number of anilines is 1. The maximum Gasteiger partial charge on any atom is 0.411 e. The molecule has 2 aromatic rings. The van der Waals surface area contributed by atoms with E-state index in [0.29, 0.717) is 0 Å².